The summed E-state index contributed by atoms with van der Waals surface area (Å²) >= 11 is 1.79. The van der Waals surface area contributed by atoms with Crippen molar-refractivity contribution in [2.45, 2.75) is 25.6 Å². The van der Waals surface area contributed by atoms with Gasteiger partial charge in [0.1, 0.15) is 6.54 Å². The van der Waals surface area contributed by atoms with Crippen molar-refractivity contribution in [2.75, 3.05) is 12.3 Å². The molecule has 3 aromatic rings. The molecule has 0 saturated carbocycles. The zero-order valence-electron chi connectivity index (χ0n) is 15.3. The summed E-state index contributed by atoms with van der Waals surface area (Å²) in [6, 6.07) is 18.4. The Hall–Kier alpha value is -2.67. The molecule has 1 aromatic heterocycles. The molecule has 0 saturated heterocycles. The number of carbonyl (C=O) groups is 1. The lowest BCUT2D eigenvalue weighted by Crippen LogP contribution is -2.30. The minimum atomic E-state index is -0.111. The first-order valence-corrected chi connectivity index (χ1v) is 10.2. The molecule has 0 aliphatic heterocycles. The first-order chi connectivity index (χ1) is 13.2. The largest absolute Gasteiger partial charge is 0.354 e. The summed E-state index contributed by atoms with van der Waals surface area (Å²) in [7, 11) is 0. The van der Waals surface area contributed by atoms with Gasteiger partial charge in [-0.05, 0) is 22.8 Å². The summed E-state index contributed by atoms with van der Waals surface area (Å²) in [4.78, 5) is 13.4. The fourth-order valence-electron chi connectivity index (χ4n) is 2.53. The molecule has 0 bridgehead atoms. The third-order valence-corrected chi connectivity index (χ3v) is 5.07. The Morgan fingerprint density at radius 3 is 2.59 bits per heavy atom. The number of rotatable bonds is 9. The molecular formula is C20H23N5OS. The van der Waals surface area contributed by atoms with Crippen molar-refractivity contribution < 1.29 is 4.79 Å². The third-order valence-electron chi connectivity index (χ3n) is 4.04. The highest BCUT2D eigenvalue weighted by Crippen LogP contribution is 2.14. The predicted molar refractivity (Wildman–Crippen MR) is 108 cm³/mol. The van der Waals surface area contributed by atoms with E-state index >= 15 is 0 Å². The summed E-state index contributed by atoms with van der Waals surface area (Å²) in [5, 5.41) is 15.2. The number of carbonyl (C=O) groups excluding carboxylic acids is 1. The molecule has 0 aliphatic carbocycles. The molecule has 140 valence electrons. The van der Waals surface area contributed by atoms with Crippen molar-refractivity contribution in [1.29, 1.82) is 0 Å². The monoisotopic (exact) mass is 381 g/mol. The van der Waals surface area contributed by atoms with Gasteiger partial charge in [-0.1, -0.05) is 61.5 Å². The lowest BCUT2D eigenvalue weighted by molar-refractivity contribution is -0.121. The SMILES string of the molecule is CCc1ccc(-c2nnn(CC(=O)NCCSCc3ccccc3)n2)cc1. The van der Waals surface area contributed by atoms with Gasteiger partial charge in [-0.25, -0.2) is 0 Å². The van der Waals surface area contributed by atoms with Gasteiger partial charge in [0.2, 0.25) is 11.7 Å². The van der Waals surface area contributed by atoms with E-state index < -0.39 is 0 Å². The first-order valence-electron chi connectivity index (χ1n) is 9.00. The van der Waals surface area contributed by atoms with Gasteiger partial charge in [0.05, 0.1) is 0 Å². The summed E-state index contributed by atoms with van der Waals surface area (Å²) in [5.41, 5.74) is 3.45. The Bertz CT molecular complexity index is 848. The summed E-state index contributed by atoms with van der Waals surface area (Å²) in [5.74, 6) is 2.23. The maximum Gasteiger partial charge on any atom is 0.243 e. The lowest BCUT2D eigenvalue weighted by atomic mass is 10.1. The van der Waals surface area contributed by atoms with Gasteiger partial charge < -0.3 is 5.32 Å². The van der Waals surface area contributed by atoms with Crippen LogP contribution in [0.25, 0.3) is 11.4 Å². The molecule has 0 unspecified atom stereocenters. The normalized spacial score (nSPS) is 10.7. The maximum atomic E-state index is 12.0. The molecule has 0 radical (unpaired) electrons. The Morgan fingerprint density at radius 2 is 1.85 bits per heavy atom. The van der Waals surface area contributed by atoms with Crippen LogP contribution in [0.1, 0.15) is 18.1 Å². The van der Waals surface area contributed by atoms with Gasteiger partial charge in [-0.2, -0.15) is 16.6 Å². The van der Waals surface area contributed by atoms with Gasteiger partial charge in [0.25, 0.3) is 0 Å². The fourth-order valence-corrected chi connectivity index (χ4v) is 3.35. The molecule has 1 N–H and O–H groups in total. The van der Waals surface area contributed by atoms with Crippen LogP contribution < -0.4 is 5.32 Å². The number of nitrogens with one attached hydrogen (secondary N) is 1. The standard InChI is InChI=1S/C20H23N5OS/c1-2-16-8-10-18(11-9-16)20-22-24-25(23-20)14-19(26)21-12-13-27-15-17-6-4-3-5-7-17/h3-11H,2,12-15H2,1H3,(H,21,26). The van der Waals surface area contributed by atoms with Crippen LogP contribution in [0, 0.1) is 0 Å². The smallest absolute Gasteiger partial charge is 0.243 e. The van der Waals surface area contributed by atoms with Crippen molar-refractivity contribution >= 4 is 17.7 Å². The molecule has 1 heterocycles. The van der Waals surface area contributed by atoms with Gasteiger partial charge in [-0.15, -0.1) is 10.2 Å². The van der Waals surface area contributed by atoms with Crippen molar-refractivity contribution in [3.8, 4) is 11.4 Å². The van der Waals surface area contributed by atoms with Crippen LogP contribution in [0.2, 0.25) is 0 Å². The van der Waals surface area contributed by atoms with Crippen molar-refractivity contribution in [3.63, 3.8) is 0 Å². The number of thioether (sulfide) groups is 1. The second-order valence-electron chi connectivity index (χ2n) is 6.08. The number of hydrogen-bond donors (Lipinski definition) is 1. The average Bonchev–Trinajstić information content (AvgIpc) is 3.17. The zero-order valence-corrected chi connectivity index (χ0v) is 16.2. The van der Waals surface area contributed by atoms with Gasteiger partial charge in [0.15, 0.2) is 0 Å². The van der Waals surface area contributed by atoms with E-state index in [9.17, 15) is 4.79 Å². The van der Waals surface area contributed by atoms with E-state index in [2.05, 4.69) is 51.9 Å². The van der Waals surface area contributed by atoms with E-state index in [0.717, 1.165) is 23.5 Å². The van der Waals surface area contributed by atoms with Crippen LogP contribution in [0.4, 0.5) is 0 Å². The second kappa shape index (κ2) is 9.87. The van der Waals surface area contributed by atoms with Gasteiger partial charge in [-0.3, -0.25) is 4.79 Å². The quantitative estimate of drug-likeness (QED) is 0.577. The average molecular weight is 382 g/mol. The Labute approximate surface area is 163 Å². The number of hydrogen-bond acceptors (Lipinski definition) is 5. The summed E-state index contributed by atoms with van der Waals surface area (Å²) < 4.78 is 0. The van der Waals surface area contributed by atoms with E-state index in [1.807, 2.05) is 30.3 Å². The minimum Gasteiger partial charge on any atom is -0.354 e. The highest BCUT2D eigenvalue weighted by atomic mass is 32.2. The second-order valence-corrected chi connectivity index (χ2v) is 7.19. The third kappa shape index (κ3) is 5.92. The first kappa shape index (κ1) is 19.1. The van der Waals surface area contributed by atoms with Crippen LogP contribution >= 0.6 is 11.8 Å². The van der Waals surface area contributed by atoms with Crippen LogP contribution in [-0.2, 0) is 23.5 Å². The number of tetrazole rings is 1. The molecule has 6 nitrogen and oxygen atoms in total. The molecular weight excluding hydrogens is 358 g/mol. The molecule has 7 heteroatoms. The number of aryl methyl sites for hydroxylation is 1. The van der Waals surface area contributed by atoms with E-state index in [1.54, 1.807) is 11.8 Å². The van der Waals surface area contributed by atoms with Crippen molar-refractivity contribution in [1.82, 2.24) is 25.5 Å². The minimum absolute atomic E-state index is 0.0728. The number of amides is 1. The molecule has 2 aromatic carbocycles. The van der Waals surface area contributed by atoms with E-state index in [4.69, 9.17) is 0 Å². The summed E-state index contributed by atoms with van der Waals surface area (Å²) in [6.07, 6.45) is 0.990. The topological polar surface area (TPSA) is 72.7 Å². The van der Waals surface area contributed by atoms with Crippen LogP contribution in [0.15, 0.2) is 54.6 Å². The maximum absolute atomic E-state index is 12.0. The van der Waals surface area contributed by atoms with E-state index in [-0.39, 0.29) is 12.5 Å². The van der Waals surface area contributed by atoms with Crippen LogP contribution in [0.3, 0.4) is 0 Å². The Morgan fingerprint density at radius 1 is 1.07 bits per heavy atom. The lowest BCUT2D eigenvalue weighted by Gasteiger charge is -2.04. The molecule has 0 spiro atoms. The van der Waals surface area contributed by atoms with Crippen molar-refractivity contribution in [3.05, 3.63) is 65.7 Å². The fraction of sp³-hybridized carbons (Fsp3) is 0.300. The highest BCUT2D eigenvalue weighted by molar-refractivity contribution is 7.98. The molecule has 1 amide bonds. The molecule has 0 aliphatic rings. The molecule has 3 rings (SSSR count). The number of nitrogens with zero attached hydrogens (tertiary/aromatic N) is 4. The highest BCUT2D eigenvalue weighted by Gasteiger charge is 2.09. The van der Waals surface area contributed by atoms with E-state index in [0.29, 0.717) is 12.4 Å². The predicted octanol–water partition coefficient (Wildman–Crippen LogP) is 2.95. The van der Waals surface area contributed by atoms with Gasteiger partial charge >= 0.3 is 0 Å². The Balaban J connectivity index is 1.40. The van der Waals surface area contributed by atoms with E-state index in [1.165, 1.54) is 15.9 Å². The van der Waals surface area contributed by atoms with Crippen molar-refractivity contribution in [2.24, 2.45) is 0 Å². The Kier molecular flexibility index (Phi) is 6.98. The molecule has 0 atom stereocenters. The number of benzene rings is 2. The number of aromatic nitrogens is 4. The van der Waals surface area contributed by atoms with Crippen LogP contribution in [-0.4, -0.2) is 38.4 Å². The van der Waals surface area contributed by atoms with Crippen LogP contribution in [0.5, 0.6) is 0 Å². The van der Waals surface area contributed by atoms with Gasteiger partial charge in [0, 0.05) is 23.6 Å². The molecule has 27 heavy (non-hydrogen) atoms. The summed E-state index contributed by atoms with van der Waals surface area (Å²) in [6.45, 7) is 2.81. The zero-order chi connectivity index (χ0) is 18.9. The molecule has 0 fully saturated rings.